The minimum atomic E-state index is 0.410. The standard InChI is InChI=1S/C29H26N6O2.C26H31N5O2/c1-20-7-8-22(30-16-20)6-5-11-35(24-12-25(36-3)15-26(13-24)37-4)23-9-10-27-28(14-23)33-29(18-31-27)21-17-32-34(2)19-21;1-7-8-11-31(20-12-21(32-5)15-22(13-20)33-6)19-9-10-23-24(14-19)28-25(16-27-23)26-17(2)29-30(4)18(26)3/h7-10,12-19H,11H2,1-4H3;9-10,12-16H,7-8,11H2,1-6H3. The summed E-state index contributed by atoms with van der Waals surface area (Å²) in [7, 11) is 10.4. The maximum Gasteiger partial charge on any atom is 0.124 e. The molecule has 0 atom stereocenters. The Labute approximate surface area is 408 Å². The molecule has 0 fully saturated rings. The molecule has 0 saturated heterocycles. The van der Waals surface area contributed by atoms with Crippen LogP contribution in [-0.2, 0) is 14.1 Å². The van der Waals surface area contributed by atoms with Crippen LogP contribution < -0.4 is 28.7 Å². The van der Waals surface area contributed by atoms with E-state index in [1.165, 1.54) is 0 Å². The SMILES string of the molecule is CCCCN(c1cc(OC)cc(OC)c1)c1ccc2ncc(-c3c(C)nn(C)c3C)nc2c1.COc1cc(OC)cc(N(CC#Cc2ccc(C)cn2)c2ccc3ncc(-c4cnn(C)c4)nc3c2)c1. The van der Waals surface area contributed by atoms with Crippen LogP contribution in [0.25, 0.3) is 44.6 Å². The van der Waals surface area contributed by atoms with Crippen LogP contribution in [0.2, 0.25) is 0 Å². The van der Waals surface area contributed by atoms with Crippen molar-refractivity contribution >= 4 is 44.8 Å². The van der Waals surface area contributed by atoms with Crippen LogP contribution in [0.3, 0.4) is 0 Å². The number of fused-ring (bicyclic) bond motifs is 2. The predicted molar refractivity (Wildman–Crippen MR) is 277 cm³/mol. The van der Waals surface area contributed by atoms with Gasteiger partial charge in [0.15, 0.2) is 0 Å². The summed E-state index contributed by atoms with van der Waals surface area (Å²) in [4.78, 5) is 27.9. The molecule has 0 radical (unpaired) electrons. The fourth-order valence-electron chi connectivity index (χ4n) is 8.00. The van der Waals surface area contributed by atoms with Crippen LogP contribution in [0.4, 0.5) is 22.7 Å². The Morgan fingerprint density at radius 1 is 0.586 bits per heavy atom. The monoisotopic (exact) mass is 935 g/mol. The Hall–Kier alpha value is -8.51. The second-order valence-corrected chi connectivity index (χ2v) is 16.7. The first-order valence-electron chi connectivity index (χ1n) is 22.9. The zero-order valence-electron chi connectivity index (χ0n) is 41.4. The highest BCUT2D eigenvalue weighted by Crippen LogP contribution is 2.36. The van der Waals surface area contributed by atoms with Crippen LogP contribution in [-0.4, -0.2) is 86.0 Å². The van der Waals surface area contributed by atoms with Crippen molar-refractivity contribution in [2.45, 2.75) is 40.5 Å². The first-order valence-corrected chi connectivity index (χ1v) is 22.9. The molecule has 0 saturated carbocycles. The third-order valence-corrected chi connectivity index (χ3v) is 11.8. The molecule has 15 heteroatoms. The molecule has 0 aliphatic heterocycles. The molecule has 5 aromatic heterocycles. The van der Waals surface area contributed by atoms with E-state index in [4.69, 9.17) is 28.9 Å². The zero-order valence-corrected chi connectivity index (χ0v) is 41.4. The Bertz CT molecular complexity index is 3290. The fraction of sp³-hybridized carbons (Fsp3) is 0.255. The van der Waals surface area contributed by atoms with Gasteiger partial charge in [0.2, 0.25) is 0 Å². The highest BCUT2D eigenvalue weighted by atomic mass is 16.5. The second kappa shape index (κ2) is 21.6. The number of methoxy groups -OCH3 is 4. The third kappa shape index (κ3) is 10.9. The van der Waals surface area contributed by atoms with Crippen molar-refractivity contribution in [3.05, 3.63) is 139 Å². The van der Waals surface area contributed by atoms with E-state index >= 15 is 0 Å². The zero-order chi connectivity index (χ0) is 49.3. The van der Waals surface area contributed by atoms with Gasteiger partial charge in [-0.1, -0.05) is 25.3 Å². The smallest absolute Gasteiger partial charge is 0.124 e. The van der Waals surface area contributed by atoms with Gasteiger partial charge in [0.05, 0.1) is 92.7 Å². The quantitative estimate of drug-likeness (QED) is 0.0955. The topological polar surface area (TPSA) is 143 Å². The molecule has 0 bridgehead atoms. The molecule has 0 aliphatic rings. The molecule has 9 rings (SSSR count). The number of hydrogen-bond acceptors (Lipinski definition) is 13. The number of ether oxygens (including phenoxy) is 4. The van der Waals surface area contributed by atoms with E-state index in [2.05, 4.69) is 72.8 Å². The lowest BCUT2D eigenvalue weighted by molar-refractivity contribution is 0.394. The number of rotatable bonds is 14. The first kappa shape index (κ1) is 48.0. The summed E-state index contributed by atoms with van der Waals surface area (Å²) in [6, 6.07) is 27.9. The normalized spacial score (nSPS) is 10.8. The second-order valence-electron chi connectivity index (χ2n) is 16.7. The van der Waals surface area contributed by atoms with Gasteiger partial charge in [-0.05, 0) is 81.1 Å². The molecule has 0 N–H and O–H groups in total. The molecule has 70 heavy (non-hydrogen) atoms. The van der Waals surface area contributed by atoms with E-state index in [9.17, 15) is 0 Å². The van der Waals surface area contributed by atoms with Crippen LogP contribution in [0.1, 0.15) is 42.4 Å². The predicted octanol–water partition coefficient (Wildman–Crippen LogP) is 10.5. The lowest BCUT2D eigenvalue weighted by Gasteiger charge is -2.26. The van der Waals surface area contributed by atoms with E-state index < -0.39 is 0 Å². The number of anilines is 4. The minimum absolute atomic E-state index is 0.410. The van der Waals surface area contributed by atoms with Crippen LogP contribution in [0.15, 0.2) is 116 Å². The van der Waals surface area contributed by atoms with E-state index in [0.29, 0.717) is 18.0 Å². The van der Waals surface area contributed by atoms with Crippen molar-refractivity contribution in [1.82, 2.24) is 44.5 Å². The van der Waals surface area contributed by atoms with Gasteiger partial charge in [-0.3, -0.25) is 19.3 Å². The van der Waals surface area contributed by atoms with Gasteiger partial charge >= 0.3 is 0 Å². The summed E-state index contributed by atoms with van der Waals surface area (Å²) in [5.74, 6) is 9.33. The van der Waals surface area contributed by atoms with Gasteiger partial charge in [-0.2, -0.15) is 10.2 Å². The van der Waals surface area contributed by atoms with E-state index in [1.807, 2.05) is 124 Å². The summed E-state index contributed by atoms with van der Waals surface area (Å²) in [5.41, 5.74) is 14.5. The van der Waals surface area contributed by atoms with Crippen molar-refractivity contribution in [1.29, 1.82) is 0 Å². The molecule has 15 nitrogen and oxygen atoms in total. The maximum atomic E-state index is 5.52. The highest BCUT2D eigenvalue weighted by Gasteiger charge is 2.18. The lowest BCUT2D eigenvalue weighted by atomic mass is 10.1. The van der Waals surface area contributed by atoms with Crippen molar-refractivity contribution in [3.63, 3.8) is 0 Å². The summed E-state index contributed by atoms with van der Waals surface area (Å²) in [6.45, 7) is 9.54. The van der Waals surface area contributed by atoms with E-state index in [-0.39, 0.29) is 0 Å². The molecule has 0 unspecified atom stereocenters. The number of hydrogen-bond donors (Lipinski definition) is 0. The Balaban J connectivity index is 0.000000190. The lowest BCUT2D eigenvalue weighted by Crippen LogP contribution is -2.18. The molecular weight excluding hydrogens is 879 g/mol. The number of aryl methyl sites for hydroxylation is 4. The molecule has 0 amide bonds. The average Bonchev–Trinajstić information content (AvgIpc) is 3.94. The number of benzene rings is 4. The Kier molecular flexibility index (Phi) is 14.8. The van der Waals surface area contributed by atoms with Gasteiger partial charge in [0.1, 0.15) is 28.7 Å². The summed E-state index contributed by atoms with van der Waals surface area (Å²) >= 11 is 0. The summed E-state index contributed by atoms with van der Waals surface area (Å²) in [6.07, 6.45) is 11.3. The molecular formula is C55H57N11O4. The molecule has 9 aromatic rings. The summed E-state index contributed by atoms with van der Waals surface area (Å²) in [5, 5.41) is 8.79. The van der Waals surface area contributed by atoms with Gasteiger partial charge in [-0.15, -0.1) is 0 Å². The van der Waals surface area contributed by atoms with Crippen molar-refractivity contribution in [2.24, 2.45) is 14.1 Å². The highest BCUT2D eigenvalue weighted by molar-refractivity contribution is 5.84. The largest absolute Gasteiger partial charge is 0.497 e. The number of aromatic nitrogens is 9. The number of pyridine rings is 1. The Morgan fingerprint density at radius 2 is 1.16 bits per heavy atom. The molecule has 0 aliphatic carbocycles. The maximum absolute atomic E-state index is 5.52. The van der Waals surface area contributed by atoms with Crippen LogP contribution in [0.5, 0.6) is 23.0 Å². The number of nitrogens with zero attached hydrogens (tertiary/aromatic N) is 11. The van der Waals surface area contributed by atoms with E-state index in [1.54, 1.807) is 45.5 Å². The van der Waals surface area contributed by atoms with Crippen molar-refractivity contribution in [3.8, 4) is 57.4 Å². The molecule has 4 aromatic carbocycles. The van der Waals surface area contributed by atoms with Gasteiger partial charge < -0.3 is 28.7 Å². The minimum Gasteiger partial charge on any atom is -0.497 e. The summed E-state index contributed by atoms with van der Waals surface area (Å²) < 4.78 is 25.7. The first-order chi connectivity index (χ1) is 34.0. The molecule has 5 heterocycles. The van der Waals surface area contributed by atoms with Gasteiger partial charge in [0, 0.05) is 109 Å². The average molecular weight is 936 g/mol. The Morgan fingerprint density at radius 3 is 1.67 bits per heavy atom. The van der Waals surface area contributed by atoms with Crippen LogP contribution in [0, 0.1) is 32.6 Å². The molecule has 356 valence electrons. The van der Waals surface area contributed by atoms with E-state index in [0.717, 1.165) is 121 Å². The molecule has 0 spiro atoms. The van der Waals surface area contributed by atoms with Crippen LogP contribution >= 0.6 is 0 Å². The third-order valence-electron chi connectivity index (χ3n) is 11.8. The van der Waals surface area contributed by atoms with Gasteiger partial charge in [-0.25, -0.2) is 15.0 Å². The van der Waals surface area contributed by atoms with Crippen molar-refractivity contribution < 1.29 is 18.9 Å². The number of unbranched alkanes of at least 4 members (excludes halogenated alkanes) is 1. The van der Waals surface area contributed by atoms with Crippen molar-refractivity contribution in [2.75, 3.05) is 51.3 Å². The fourth-order valence-corrected chi connectivity index (χ4v) is 8.00. The van der Waals surface area contributed by atoms with Gasteiger partial charge in [0.25, 0.3) is 0 Å².